The largest absolute Gasteiger partial charge is 0.493 e. The minimum absolute atomic E-state index is 0.00230. The van der Waals surface area contributed by atoms with Crippen LogP contribution in [-0.2, 0) is 4.79 Å². The molecule has 1 atom stereocenters. The summed E-state index contributed by atoms with van der Waals surface area (Å²) in [4.78, 5) is 12.5. The van der Waals surface area contributed by atoms with Gasteiger partial charge in [0.1, 0.15) is 0 Å². The molecule has 2 N–H and O–H groups in total. The van der Waals surface area contributed by atoms with Crippen molar-refractivity contribution >= 4 is 11.6 Å². The predicted octanol–water partition coefficient (Wildman–Crippen LogP) is 2.48. The fourth-order valence-corrected chi connectivity index (χ4v) is 2.63. The Morgan fingerprint density at radius 3 is 2.48 bits per heavy atom. The Morgan fingerprint density at radius 1 is 1.24 bits per heavy atom. The van der Waals surface area contributed by atoms with Crippen LogP contribution in [-0.4, -0.2) is 32.2 Å². The van der Waals surface area contributed by atoms with E-state index < -0.39 is 5.54 Å². The zero-order valence-corrected chi connectivity index (χ0v) is 13.2. The zero-order chi connectivity index (χ0) is 15.5. The Hall–Kier alpha value is -1.75. The van der Waals surface area contributed by atoms with Crippen molar-refractivity contribution in [1.82, 2.24) is 5.32 Å². The third-order valence-corrected chi connectivity index (χ3v) is 4.10. The Labute approximate surface area is 126 Å². The van der Waals surface area contributed by atoms with Crippen molar-refractivity contribution in [3.63, 3.8) is 0 Å². The average Bonchev–Trinajstić information content (AvgIpc) is 2.49. The molecule has 0 bridgehead atoms. The molecule has 2 rings (SSSR count). The second kappa shape index (κ2) is 6.35. The molecule has 1 aromatic rings. The van der Waals surface area contributed by atoms with Gasteiger partial charge in [-0.1, -0.05) is 0 Å². The van der Waals surface area contributed by atoms with Crippen LogP contribution in [0.25, 0.3) is 0 Å². The van der Waals surface area contributed by atoms with E-state index in [0.717, 1.165) is 37.1 Å². The molecule has 0 spiro atoms. The molecule has 1 heterocycles. The highest BCUT2D eigenvalue weighted by atomic mass is 16.5. The van der Waals surface area contributed by atoms with Gasteiger partial charge in [-0.05, 0) is 51.3 Å². The van der Waals surface area contributed by atoms with Gasteiger partial charge in [0.05, 0.1) is 19.8 Å². The molecule has 1 unspecified atom stereocenters. The number of benzene rings is 1. The molecule has 1 saturated heterocycles. The number of methoxy groups -OCH3 is 2. The van der Waals surface area contributed by atoms with Crippen molar-refractivity contribution in [1.29, 1.82) is 0 Å². The molecular formula is C16H24N2O3. The second-order valence-electron chi connectivity index (χ2n) is 5.69. The Morgan fingerprint density at radius 2 is 1.90 bits per heavy atom. The molecule has 0 saturated carbocycles. The van der Waals surface area contributed by atoms with Gasteiger partial charge in [0.2, 0.25) is 5.91 Å². The van der Waals surface area contributed by atoms with Crippen molar-refractivity contribution in [3.8, 4) is 11.5 Å². The number of carbonyl (C=O) groups excluding carboxylic acids is 1. The number of piperidine rings is 1. The summed E-state index contributed by atoms with van der Waals surface area (Å²) in [5.41, 5.74) is 1.20. The number of hydrogen-bond acceptors (Lipinski definition) is 4. The van der Waals surface area contributed by atoms with Crippen LogP contribution >= 0.6 is 0 Å². The average molecular weight is 292 g/mol. The molecule has 21 heavy (non-hydrogen) atoms. The first kappa shape index (κ1) is 15.6. The lowest BCUT2D eigenvalue weighted by Gasteiger charge is -2.33. The topological polar surface area (TPSA) is 59.6 Å². The van der Waals surface area contributed by atoms with Crippen LogP contribution in [0.4, 0.5) is 5.69 Å². The summed E-state index contributed by atoms with van der Waals surface area (Å²) in [6, 6.07) is 3.67. The maximum atomic E-state index is 12.5. The summed E-state index contributed by atoms with van der Waals surface area (Å²) in [6.07, 6.45) is 3.05. The lowest BCUT2D eigenvalue weighted by molar-refractivity contribution is -0.122. The quantitative estimate of drug-likeness (QED) is 0.895. The highest BCUT2D eigenvalue weighted by Crippen LogP contribution is 2.33. The predicted molar refractivity (Wildman–Crippen MR) is 83.2 cm³/mol. The Kier molecular flexibility index (Phi) is 4.73. The normalized spacial score (nSPS) is 21.7. The van der Waals surface area contributed by atoms with Crippen LogP contribution in [0.1, 0.15) is 31.7 Å². The van der Waals surface area contributed by atoms with Crippen LogP contribution < -0.4 is 20.1 Å². The first-order chi connectivity index (χ1) is 10.00. The molecule has 0 aromatic heterocycles. The fraction of sp³-hybridized carbons (Fsp3) is 0.562. The van der Waals surface area contributed by atoms with E-state index in [2.05, 4.69) is 10.6 Å². The summed E-state index contributed by atoms with van der Waals surface area (Å²) in [6.45, 7) is 4.78. The van der Waals surface area contributed by atoms with Crippen LogP contribution in [0.3, 0.4) is 0 Å². The van der Waals surface area contributed by atoms with Gasteiger partial charge in [0, 0.05) is 11.8 Å². The standard InChI is InChI=1S/C16H24N2O3/c1-11-9-13(20-3)14(21-4)10-12(11)18-15(19)16(2)7-5-6-8-17-16/h9-10,17H,5-8H2,1-4H3,(H,18,19). The molecule has 1 amide bonds. The number of amides is 1. The number of carbonyl (C=O) groups is 1. The van der Waals surface area contributed by atoms with Gasteiger partial charge < -0.3 is 20.1 Å². The van der Waals surface area contributed by atoms with Gasteiger partial charge in [0.25, 0.3) is 0 Å². The third-order valence-electron chi connectivity index (χ3n) is 4.10. The molecule has 5 heteroatoms. The van der Waals surface area contributed by atoms with Crippen LogP contribution in [0.5, 0.6) is 11.5 Å². The van der Waals surface area contributed by atoms with Crippen LogP contribution in [0.2, 0.25) is 0 Å². The van der Waals surface area contributed by atoms with Gasteiger partial charge in [-0.2, -0.15) is 0 Å². The number of nitrogens with one attached hydrogen (secondary N) is 2. The minimum atomic E-state index is -0.502. The van der Waals surface area contributed by atoms with Gasteiger partial charge in [-0.15, -0.1) is 0 Å². The number of ether oxygens (including phenoxy) is 2. The molecule has 0 radical (unpaired) electrons. The van der Waals surface area contributed by atoms with Crippen LogP contribution in [0, 0.1) is 6.92 Å². The van der Waals surface area contributed by atoms with E-state index in [1.165, 1.54) is 0 Å². The number of rotatable bonds is 4. The lowest BCUT2D eigenvalue weighted by atomic mass is 9.90. The van der Waals surface area contributed by atoms with E-state index >= 15 is 0 Å². The van der Waals surface area contributed by atoms with Crippen molar-refractivity contribution in [2.75, 3.05) is 26.1 Å². The van der Waals surface area contributed by atoms with Gasteiger partial charge in [-0.25, -0.2) is 0 Å². The fourth-order valence-electron chi connectivity index (χ4n) is 2.63. The summed E-state index contributed by atoms with van der Waals surface area (Å²) in [5.74, 6) is 1.27. The summed E-state index contributed by atoms with van der Waals surface area (Å²) in [5, 5.41) is 6.33. The van der Waals surface area contributed by atoms with E-state index in [4.69, 9.17) is 9.47 Å². The Bertz CT molecular complexity index is 522. The molecule has 116 valence electrons. The highest BCUT2D eigenvalue weighted by Gasteiger charge is 2.34. The van der Waals surface area contributed by atoms with Gasteiger partial charge in [0.15, 0.2) is 11.5 Å². The van der Waals surface area contributed by atoms with Crippen LogP contribution in [0.15, 0.2) is 12.1 Å². The molecular weight excluding hydrogens is 268 g/mol. The van der Waals surface area contributed by atoms with E-state index in [1.807, 2.05) is 19.9 Å². The van der Waals surface area contributed by atoms with Crippen molar-refractivity contribution in [2.45, 2.75) is 38.6 Å². The van der Waals surface area contributed by atoms with Crippen molar-refractivity contribution in [3.05, 3.63) is 17.7 Å². The van der Waals surface area contributed by atoms with E-state index in [9.17, 15) is 4.79 Å². The zero-order valence-electron chi connectivity index (χ0n) is 13.2. The number of hydrogen-bond donors (Lipinski definition) is 2. The lowest BCUT2D eigenvalue weighted by Crippen LogP contribution is -2.54. The SMILES string of the molecule is COc1cc(C)c(NC(=O)C2(C)CCCCN2)cc1OC. The minimum Gasteiger partial charge on any atom is -0.493 e. The third kappa shape index (κ3) is 3.29. The molecule has 5 nitrogen and oxygen atoms in total. The smallest absolute Gasteiger partial charge is 0.244 e. The monoisotopic (exact) mass is 292 g/mol. The maximum absolute atomic E-state index is 12.5. The number of aryl methyl sites for hydroxylation is 1. The summed E-state index contributed by atoms with van der Waals surface area (Å²) in [7, 11) is 3.19. The molecule has 1 fully saturated rings. The van der Waals surface area contributed by atoms with Gasteiger partial charge in [-0.3, -0.25) is 4.79 Å². The van der Waals surface area contributed by atoms with E-state index in [0.29, 0.717) is 11.5 Å². The second-order valence-corrected chi connectivity index (χ2v) is 5.69. The number of anilines is 1. The Balaban J connectivity index is 2.20. The summed E-state index contributed by atoms with van der Waals surface area (Å²) >= 11 is 0. The van der Waals surface area contributed by atoms with Crippen molar-refractivity contribution < 1.29 is 14.3 Å². The van der Waals surface area contributed by atoms with Crippen molar-refractivity contribution in [2.24, 2.45) is 0 Å². The molecule has 1 aliphatic heterocycles. The first-order valence-corrected chi connectivity index (χ1v) is 7.29. The van der Waals surface area contributed by atoms with E-state index in [1.54, 1.807) is 20.3 Å². The maximum Gasteiger partial charge on any atom is 0.244 e. The summed E-state index contributed by atoms with van der Waals surface area (Å²) < 4.78 is 10.6. The molecule has 0 aliphatic carbocycles. The highest BCUT2D eigenvalue weighted by molar-refractivity contribution is 5.98. The molecule has 1 aliphatic rings. The van der Waals surface area contributed by atoms with Gasteiger partial charge >= 0.3 is 0 Å². The first-order valence-electron chi connectivity index (χ1n) is 7.29. The molecule has 1 aromatic carbocycles. The van der Waals surface area contributed by atoms with E-state index in [-0.39, 0.29) is 5.91 Å².